The number of fused-ring (bicyclic) bond motifs is 1. The number of rotatable bonds is 4. The zero-order valence-electron chi connectivity index (χ0n) is 14.2. The largest absolute Gasteiger partial charge is 0.322 e. The van der Waals surface area contributed by atoms with Crippen LogP contribution >= 0.6 is 0 Å². The molecule has 1 N–H and O–H groups in total. The summed E-state index contributed by atoms with van der Waals surface area (Å²) in [5.74, 6) is -0.629. The van der Waals surface area contributed by atoms with E-state index >= 15 is 0 Å². The number of nitrogens with zero attached hydrogens (tertiary/aromatic N) is 1. The van der Waals surface area contributed by atoms with Gasteiger partial charge in [0.25, 0.3) is 0 Å². The first-order chi connectivity index (χ1) is 12.0. The predicted octanol–water partition coefficient (Wildman–Crippen LogP) is 4.90. The van der Waals surface area contributed by atoms with Crippen LogP contribution in [0.4, 0.5) is 10.1 Å². The van der Waals surface area contributed by atoms with Crippen molar-refractivity contribution in [3.8, 4) is 0 Å². The van der Waals surface area contributed by atoms with Crippen molar-refractivity contribution in [1.29, 1.82) is 0 Å². The lowest BCUT2D eigenvalue weighted by molar-refractivity contribution is -0.111. The number of halogens is 1. The molecule has 0 radical (unpaired) electrons. The third-order valence-corrected chi connectivity index (χ3v) is 3.97. The van der Waals surface area contributed by atoms with Gasteiger partial charge in [-0.2, -0.15) is 0 Å². The molecule has 2 aromatic carbocycles. The summed E-state index contributed by atoms with van der Waals surface area (Å²) < 4.78 is 13.5. The molecule has 3 nitrogen and oxygen atoms in total. The van der Waals surface area contributed by atoms with E-state index in [-0.39, 0.29) is 11.7 Å². The number of aromatic nitrogens is 1. The summed E-state index contributed by atoms with van der Waals surface area (Å²) in [6.45, 7) is 3.94. The fourth-order valence-electron chi connectivity index (χ4n) is 2.64. The van der Waals surface area contributed by atoms with E-state index in [2.05, 4.69) is 17.2 Å². The predicted molar refractivity (Wildman–Crippen MR) is 99.9 cm³/mol. The lowest BCUT2D eigenvalue weighted by Crippen LogP contribution is -2.09. The third-order valence-electron chi connectivity index (χ3n) is 3.97. The monoisotopic (exact) mass is 334 g/mol. The molecule has 1 aromatic heterocycles. The molecule has 0 fully saturated rings. The second-order valence-corrected chi connectivity index (χ2v) is 5.89. The van der Waals surface area contributed by atoms with E-state index in [9.17, 15) is 9.18 Å². The number of carbonyl (C=O) groups excluding carboxylic acids is 1. The number of benzene rings is 2. The van der Waals surface area contributed by atoms with Gasteiger partial charge in [0.15, 0.2) is 0 Å². The van der Waals surface area contributed by atoms with Crippen molar-refractivity contribution in [3.05, 3.63) is 77.2 Å². The molecule has 0 aliphatic heterocycles. The van der Waals surface area contributed by atoms with Crippen molar-refractivity contribution in [2.45, 2.75) is 20.3 Å². The van der Waals surface area contributed by atoms with Gasteiger partial charge < -0.3 is 5.32 Å². The van der Waals surface area contributed by atoms with Crippen molar-refractivity contribution >= 4 is 28.6 Å². The van der Waals surface area contributed by atoms with Gasteiger partial charge in [0, 0.05) is 17.2 Å². The molecule has 3 aromatic rings. The Kier molecular flexibility index (Phi) is 4.89. The van der Waals surface area contributed by atoms with E-state index in [1.165, 1.54) is 23.8 Å². The third kappa shape index (κ3) is 4.10. The maximum Gasteiger partial charge on any atom is 0.248 e. The van der Waals surface area contributed by atoms with Gasteiger partial charge in [-0.25, -0.2) is 4.39 Å². The van der Waals surface area contributed by atoms with E-state index in [1.54, 1.807) is 18.2 Å². The van der Waals surface area contributed by atoms with Crippen molar-refractivity contribution in [2.75, 3.05) is 5.32 Å². The highest BCUT2D eigenvalue weighted by Crippen LogP contribution is 2.24. The summed E-state index contributed by atoms with van der Waals surface area (Å²) >= 11 is 0. The number of hydrogen-bond acceptors (Lipinski definition) is 2. The van der Waals surface area contributed by atoms with Gasteiger partial charge >= 0.3 is 0 Å². The molecule has 4 heteroatoms. The lowest BCUT2D eigenvalue weighted by Gasteiger charge is -2.08. The standard InChI is InChI=1S/C21H19FN2O/c1-3-15-4-6-16(7-5-15)8-11-21(25)24-20-12-14(2)23-19-10-9-17(22)13-18(19)20/h4-13H,3H2,1-2H3,(H,23,24,25)/b11-8+. The summed E-state index contributed by atoms with van der Waals surface area (Å²) in [7, 11) is 0. The van der Waals surface area contributed by atoms with Crippen LogP contribution in [-0.4, -0.2) is 10.9 Å². The van der Waals surface area contributed by atoms with Crippen LogP contribution in [0.25, 0.3) is 17.0 Å². The second kappa shape index (κ2) is 7.26. The Balaban J connectivity index is 1.81. The molecule has 25 heavy (non-hydrogen) atoms. The van der Waals surface area contributed by atoms with E-state index in [4.69, 9.17) is 0 Å². The van der Waals surface area contributed by atoms with E-state index < -0.39 is 0 Å². The zero-order valence-corrected chi connectivity index (χ0v) is 14.2. The highest BCUT2D eigenvalue weighted by Gasteiger charge is 2.07. The number of pyridine rings is 1. The fourth-order valence-corrected chi connectivity index (χ4v) is 2.64. The maximum atomic E-state index is 13.5. The summed E-state index contributed by atoms with van der Waals surface area (Å²) in [5, 5.41) is 3.40. The number of hydrogen-bond donors (Lipinski definition) is 1. The summed E-state index contributed by atoms with van der Waals surface area (Å²) in [5.41, 5.74) is 4.17. The van der Waals surface area contributed by atoms with E-state index in [0.717, 1.165) is 17.7 Å². The van der Waals surface area contributed by atoms with Gasteiger partial charge in [0.1, 0.15) is 5.82 Å². The van der Waals surface area contributed by atoms with Crippen molar-refractivity contribution in [3.63, 3.8) is 0 Å². The van der Waals surface area contributed by atoms with Gasteiger partial charge in [-0.3, -0.25) is 9.78 Å². The number of nitrogens with one attached hydrogen (secondary N) is 1. The minimum atomic E-state index is -0.361. The molecule has 0 spiro atoms. The van der Waals surface area contributed by atoms with Crippen LogP contribution in [-0.2, 0) is 11.2 Å². The van der Waals surface area contributed by atoms with Gasteiger partial charge in [-0.1, -0.05) is 31.2 Å². The van der Waals surface area contributed by atoms with Crippen LogP contribution in [0.1, 0.15) is 23.7 Å². The van der Waals surface area contributed by atoms with Crippen molar-refractivity contribution in [1.82, 2.24) is 4.98 Å². The Hall–Kier alpha value is -3.01. The Labute approximate surface area is 146 Å². The molecule has 0 unspecified atom stereocenters. The van der Waals surface area contributed by atoms with Gasteiger partial charge in [0.2, 0.25) is 5.91 Å². The van der Waals surface area contributed by atoms with Gasteiger partial charge in [-0.15, -0.1) is 0 Å². The second-order valence-electron chi connectivity index (χ2n) is 5.89. The number of carbonyl (C=O) groups is 1. The average Bonchev–Trinajstić information content (AvgIpc) is 2.61. The van der Waals surface area contributed by atoms with Crippen LogP contribution in [0.5, 0.6) is 0 Å². The molecule has 3 rings (SSSR count). The molecule has 126 valence electrons. The molecule has 0 saturated carbocycles. The van der Waals surface area contributed by atoms with Crippen molar-refractivity contribution < 1.29 is 9.18 Å². The molecule has 0 aliphatic carbocycles. The molecule has 0 aliphatic rings. The summed E-state index contributed by atoms with van der Waals surface area (Å²) in [6, 6.07) is 14.1. The Bertz CT molecular complexity index is 946. The molecular formula is C21H19FN2O. The van der Waals surface area contributed by atoms with Crippen LogP contribution in [0.3, 0.4) is 0 Å². The average molecular weight is 334 g/mol. The Morgan fingerprint density at radius 1 is 1.16 bits per heavy atom. The molecule has 0 saturated heterocycles. The fraction of sp³-hybridized carbons (Fsp3) is 0.143. The SMILES string of the molecule is CCc1ccc(/C=C/C(=O)Nc2cc(C)nc3ccc(F)cc23)cc1. The number of anilines is 1. The molecule has 1 heterocycles. The Morgan fingerprint density at radius 3 is 2.64 bits per heavy atom. The smallest absolute Gasteiger partial charge is 0.248 e. The molecule has 1 amide bonds. The minimum absolute atomic E-state index is 0.268. The Morgan fingerprint density at radius 2 is 1.92 bits per heavy atom. The lowest BCUT2D eigenvalue weighted by atomic mass is 10.1. The highest BCUT2D eigenvalue weighted by atomic mass is 19.1. The minimum Gasteiger partial charge on any atom is -0.322 e. The van der Waals surface area contributed by atoms with Crippen LogP contribution in [0.15, 0.2) is 54.6 Å². The summed E-state index contributed by atoms with van der Waals surface area (Å²) in [6.07, 6.45) is 4.21. The number of aryl methyl sites for hydroxylation is 2. The van der Waals surface area contributed by atoms with E-state index in [0.29, 0.717) is 16.6 Å². The van der Waals surface area contributed by atoms with Crippen LogP contribution < -0.4 is 5.32 Å². The topological polar surface area (TPSA) is 42.0 Å². The quantitative estimate of drug-likeness (QED) is 0.690. The zero-order chi connectivity index (χ0) is 17.8. The first-order valence-corrected chi connectivity index (χ1v) is 8.20. The number of amides is 1. The van der Waals surface area contributed by atoms with Crippen molar-refractivity contribution in [2.24, 2.45) is 0 Å². The first-order valence-electron chi connectivity index (χ1n) is 8.20. The van der Waals surface area contributed by atoms with Crippen LogP contribution in [0, 0.1) is 12.7 Å². The van der Waals surface area contributed by atoms with Crippen LogP contribution in [0.2, 0.25) is 0 Å². The highest BCUT2D eigenvalue weighted by molar-refractivity contribution is 6.07. The molecule has 0 bridgehead atoms. The maximum absolute atomic E-state index is 13.5. The normalized spacial score (nSPS) is 11.2. The van der Waals surface area contributed by atoms with E-state index in [1.807, 2.05) is 31.2 Å². The summed E-state index contributed by atoms with van der Waals surface area (Å²) in [4.78, 5) is 16.6. The molecular weight excluding hydrogens is 315 g/mol. The van der Waals surface area contributed by atoms with Gasteiger partial charge in [0.05, 0.1) is 11.2 Å². The molecule has 0 atom stereocenters. The van der Waals surface area contributed by atoms with Gasteiger partial charge in [-0.05, 0) is 54.8 Å². The first kappa shape index (κ1) is 16.8.